The molecule has 0 saturated heterocycles. The molecule has 3 amide bonds. The van der Waals surface area contributed by atoms with Crippen LogP contribution in [0.25, 0.3) is 0 Å². The number of carbonyl (C=O) groups is 3. The molecule has 0 aromatic heterocycles. The van der Waals surface area contributed by atoms with Crippen LogP contribution < -0.4 is 10.6 Å². The second-order valence-corrected chi connectivity index (χ2v) is 12.9. The van der Waals surface area contributed by atoms with Crippen LogP contribution in [0.15, 0.2) is 36.4 Å². The van der Waals surface area contributed by atoms with Gasteiger partial charge < -0.3 is 20.3 Å². The summed E-state index contributed by atoms with van der Waals surface area (Å²) in [5, 5.41) is 6.20. The number of alkyl carbamates (subject to hydrolysis) is 1. The van der Waals surface area contributed by atoms with Crippen molar-refractivity contribution in [2.24, 2.45) is 5.92 Å². The van der Waals surface area contributed by atoms with E-state index >= 15 is 0 Å². The van der Waals surface area contributed by atoms with Gasteiger partial charge in [-0.05, 0) is 84.9 Å². The van der Waals surface area contributed by atoms with Gasteiger partial charge in [-0.25, -0.2) is 4.79 Å². The van der Waals surface area contributed by atoms with Crippen molar-refractivity contribution in [2.45, 2.75) is 106 Å². The monoisotopic (exact) mass is 571 g/mol. The maximum atomic E-state index is 14.5. The molecule has 7 nitrogen and oxygen atoms in total. The van der Waals surface area contributed by atoms with Crippen molar-refractivity contribution in [3.05, 3.63) is 63.7 Å². The first-order valence-electron chi connectivity index (χ1n) is 13.8. The second-order valence-electron chi connectivity index (χ2n) is 12.5. The third kappa shape index (κ3) is 8.47. The lowest BCUT2D eigenvalue weighted by molar-refractivity contribution is -0.148. The van der Waals surface area contributed by atoms with Gasteiger partial charge in [0.15, 0.2) is 0 Å². The minimum absolute atomic E-state index is 0.274. The van der Waals surface area contributed by atoms with Crippen LogP contribution in [-0.2, 0) is 14.3 Å². The number of hydrogen-bond acceptors (Lipinski definition) is 4. The van der Waals surface area contributed by atoms with Crippen LogP contribution >= 0.6 is 11.6 Å². The molecular formula is C32H46ClN3O4. The Morgan fingerprint density at radius 2 is 1.55 bits per heavy atom. The van der Waals surface area contributed by atoms with E-state index in [1.54, 1.807) is 31.7 Å². The van der Waals surface area contributed by atoms with Crippen LogP contribution in [0.2, 0.25) is 5.02 Å². The molecule has 0 bridgehead atoms. The fraction of sp³-hybridized carbons (Fsp3) is 0.531. The standard InChI is InChI=1S/C32H46ClN3O4/c1-12-32(10,11)36(29(38)25(19(2)3)35-30(39)40-31(7,8)9)27(23-17-20(4)16-21(5)18-23)28(37)34-26-22(6)14-13-15-24(26)33/h13-19,25,27H,12H2,1-11H3,(H,34,37)(H,35,39). The van der Waals surface area contributed by atoms with Gasteiger partial charge in [0.05, 0.1) is 10.7 Å². The van der Waals surface area contributed by atoms with Crippen LogP contribution in [0.3, 0.4) is 0 Å². The maximum Gasteiger partial charge on any atom is 0.408 e. The first-order chi connectivity index (χ1) is 18.4. The molecule has 8 heteroatoms. The van der Waals surface area contributed by atoms with Crippen molar-refractivity contribution in [2.75, 3.05) is 5.32 Å². The first-order valence-corrected chi connectivity index (χ1v) is 14.2. The van der Waals surface area contributed by atoms with E-state index in [0.29, 0.717) is 22.7 Å². The van der Waals surface area contributed by atoms with Crippen molar-refractivity contribution in [1.82, 2.24) is 10.2 Å². The molecule has 2 unspecified atom stereocenters. The summed E-state index contributed by atoms with van der Waals surface area (Å²) < 4.78 is 5.47. The molecule has 2 rings (SSSR count). The van der Waals surface area contributed by atoms with E-state index < -0.39 is 35.2 Å². The number of carbonyl (C=O) groups excluding carboxylic acids is 3. The van der Waals surface area contributed by atoms with E-state index in [1.807, 2.05) is 85.7 Å². The van der Waals surface area contributed by atoms with Crippen molar-refractivity contribution < 1.29 is 19.1 Å². The molecule has 2 atom stereocenters. The average Bonchev–Trinajstić information content (AvgIpc) is 2.80. The van der Waals surface area contributed by atoms with E-state index in [0.717, 1.165) is 16.7 Å². The predicted octanol–water partition coefficient (Wildman–Crippen LogP) is 7.51. The van der Waals surface area contributed by atoms with Gasteiger partial charge in [0, 0.05) is 5.54 Å². The number of anilines is 1. The molecule has 0 aliphatic heterocycles. The number of benzene rings is 2. The Kier molecular flexibility index (Phi) is 10.8. The second kappa shape index (κ2) is 13.1. The average molecular weight is 572 g/mol. The highest BCUT2D eigenvalue weighted by atomic mass is 35.5. The molecular weight excluding hydrogens is 526 g/mol. The Bertz CT molecular complexity index is 1190. The lowest BCUT2D eigenvalue weighted by Gasteiger charge is -2.45. The Morgan fingerprint density at radius 1 is 0.975 bits per heavy atom. The van der Waals surface area contributed by atoms with E-state index in [-0.39, 0.29) is 11.8 Å². The molecule has 0 aliphatic rings. The predicted molar refractivity (Wildman–Crippen MR) is 163 cm³/mol. The summed E-state index contributed by atoms with van der Waals surface area (Å²) in [7, 11) is 0. The van der Waals surface area contributed by atoms with E-state index in [9.17, 15) is 14.4 Å². The van der Waals surface area contributed by atoms with Gasteiger partial charge >= 0.3 is 6.09 Å². The number of ether oxygens (including phenoxy) is 1. The maximum absolute atomic E-state index is 14.5. The van der Waals surface area contributed by atoms with Gasteiger partial charge in [0.2, 0.25) is 5.91 Å². The summed E-state index contributed by atoms with van der Waals surface area (Å²) in [6.45, 7) is 20.6. The SMILES string of the molecule is CCC(C)(C)N(C(=O)C(NC(=O)OC(C)(C)C)C(C)C)C(C(=O)Nc1c(C)cccc1Cl)c1cc(C)cc(C)c1. The molecule has 2 aromatic rings. The van der Waals surface area contributed by atoms with Gasteiger partial charge in [-0.15, -0.1) is 0 Å². The zero-order valence-electron chi connectivity index (χ0n) is 25.9. The summed E-state index contributed by atoms with van der Waals surface area (Å²) in [5.74, 6) is -1.04. The summed E-state index contributed by atoms with van der Waals surface area (Å²) >= 11 is 6.48. The van der Waals surface area contributed by atoms with Gasteiger partial charge in [-0.2, -0.15) is 0 Å². The van der Waals surface area contributed by atoms with Crippen molar-refractivity contribution in [3.63, 3.8) is 0 Å². The Morgan fingerprint density at radius 3 is 2.02 bits per heavy atom. The number of amides is 3. The fourth-order valence-corrected chi connectivity index (χ4v) is 4.88. The summed E-state index contributed by atoms with van der Waals surface area (Å²) in [5.41, 5.74) is 2.43. The molecule has 0 spiro atoms. The highest BCUT2D eigenvalue weighted by molar-refractivity contribution is 6.34. The molecule has 0 heterocycles. The Hall–Kier alpha value is -3.06. The third-order valence-corrected chi connectivity index (χ3v) is 7.21. The van der Waals surface area contributed by atoms with Crippen molar-refractivity contribution in [1.29, 1.82) is 0 Å². The zero-order valence-corrected chi connectivity index (χ0v) is 26.6. The number of para-hydroxylation sites is 1. The van der Waals surface area contributed by atoms with Crippen molar-refractivity contribution in [3.8, 4) is 0 Å². The van der Waals surface area contributed by atoms with Crippen molar-refractivity contribution >= 4 is 35.2 Å². The number of halogens is 1. The topological polar surface area (TPSA) is 87.7 Å². The Balaban J connectivity index is 2.72. The van der Waals surface area contributed by atoms with Gasteiger partial charge in [0.25, 0.3) is 5.91 Å². The summed E-state index contributed by atoms with van der Waals surface area (Å²) in [4.78, 5) is 43.2. The Labute approximate surface area is 245 Å². The van der Waals surface area contributed by atoms with Crippen LogP contribution in [-0.4, -0.2) is 40.0 Å². The smallest absolute Gasteiger partial charge is 0.408 e. The largest absolute Gasteiger partial charge is 0.444 e. The highest BCUT2D eigenvalue weighted by Gasteiger charge is 2.44. The lowest BCUT2D eigenvalue weighted by Crippen LogP contribution is -2.60. The molecule has 40 heavy (non-hydrogen) atoms. The number of hydrogen-bond donors (Lipinski definition) is 2. The zero-order chi connectivity index (χ0) is 30.6. The van der Waals surface area contributed by atoms with Gasteiger partial charge in [0.1, 0.15) is 17.7 Å². The fourth-order valence-electron chi connectivity index (χ4n) is 4.61. The molecule has 2 N–H and O–H groups in total. The van der Waals surface area contributed by atoms with E-state index in [1.165, 1.54) is 0 Å². The number of nitrogens with zero attached hydrogens (tertiary/aromatic N) is 1. The van der Waals surface area contributed by atoms with Crippen LogP contribution in [0.5, 0.6) is 0 Å². The molecule has 0 radical (unpaired) electrons. The van der Waals surface area contributed by atoms with Gasteiger partial charge in [-0.3, -0.25) is 9.59 Å². The minimum atomic E-state index is -1.00. The van der Waals surface area contributed by atoms with Crippen LogP contribution in [0, 0.1) is 26.7 Å². The number of rotatable bonds is 9. The summed E-state index contributed by atoms with van der Waals surface area (Å²) in [6, 6.07) is 9.35. The molecule has 2 aromatic carbocycles. The molecule has 0 aliphatic carbocycles. The van der Waals surface area contributed by atoms with Gasteiger partial charge in [-0.1, -0.05) is 73.8 Å². The first kappa shape index (κ1) is 33.1. The van der Waals surface area contributed by atoms with Crippen LogP contribution in [0.1, 0.15) is 90.1 Å². The molecule has 220 valence electrons. The van der Waals surface area contributed by atoms with E-state index in [4.69, 9.17) is 16.3 Å². The number of aryl methyl sites for hydroxylation is 3. The number of nitrogens with one attached hydrogen (secondary N) is 2. The van der Waals surface area contributed by atoms with E-state index in [2.05, 4.69) is 10.6 Å². The molecule has 0 saturated carbocycles. The summed E-state index contributed by atoms with van der Waals surface area (Å²) in [6.07, 6.45) is -0.122. The van der Waals surface area contributed by atoms with Crippen LogP contribution in [0.4, 0.5) is 10.5 Å². The lowest BCUT2D eigenvalue weighted by atomic mass is 9.89. The minimum Gasteiger partial charge on any atom is -0.444 e. The quantitative estimate of drug-likeness (QED) is 0.326. The highest BCUT2D eigenvalue weighted by Crippen LogP contribution is 2.35. The third-order valence-electron chi connectivity index (χ3n) is 6.90. The normalized spacial score (nSPS) is 13.4. The molecule has 0 fully saturated rings.